The number of nitrogens with two attached hydrogens (primary N) is 1. The van der Waals surface area contributed by atoms with Crippen LogP contribution in [0.2, 0.25) is 0 Å². The van der Waals surface area contributed by atoms with Gasteiger partial charge in [-0.25, -0.2) is 4.68 Å². The number of ether oxygens (including phenoxy) is 1. The molecule has 3 rings (SSSR count). The minimum atomic E-state index is -0.0649. The summed E-state index contributed by atoms with van der Waals surface area (Å²) in [5.41, 5.74) is 8.96. The molecule has 0 bridgehead atoms. The third-order valence-corrected chi connectivity index (χ3v) is 3.40. The second-order valence-corrected chi connectivity index (χ2v) is 4.76. The molecule has 0 radical (unpaired) electrons. The topological polar surface area (TPSA) is 98.6 Å². The van der Waals surface area contributed by atoms with E-state index in [0.717, 1.165) is 11.3 Å². The lowest BCUT2D eigenvalue weighted by Crippen LogP contribution is -2.24. The molecule has 7 nitrogen and oxygen atoms in total. The second kappa shape index (κ2) is 4.93. The molecule has 1 aliphatic heterocycles. The highest BCUT2D eigenvalue weighted by Gasteiger charge is 2.26. The Morgan fingerprint density at radius 3 is 2.90 bits per heavy atom. The lowest BCUT2D eigenvalue weighted by atomic mass is 10.1. The van der Waals surface area contributed by atoms with Crippen LogP contribution in [0.1, 0.15) is 28.6 Å². The predicted octanol–water partition coefficient (Wildman–Crippen LogP) is 0.953. The molecule has 7 heteroatoms. The van der Waals surface area contributed by atoms with E-state index < -0.39 is 0 Å². The van der Waals surface area contributed by atoms with Gasteiger partial charge < -0.3 is 15.7 Å². The van der Waals surface area contributed by atoms with Gasteiger partial charge in [-0.1, -0.05) is 40.2 Å². The van der Waals surface area contributed by atoms with Crippen molar-refractivity contribution in [2.75, 3.05) is 0 Å². The molecule has 104 valence electrons. The van der Waals surface area contributed by atoms with Crippen LogP contribution >= 0.6 is 0 Å². The Kier molecular flexibility index (Phi) is 3.11. The van der Waals surface area contributed by atoms with Gasteiger partial charge in [0, 0.05) is 0 Å². The number of nitrogens with zero attached hydrogens (tertiary/aromatic N) is 4. The number of hydrogen-bond acceptors (Lipinski definition) is 5. The maximum atomic E-state index is 8.71. The molecule has 1 aromatic heterocycles. The molecule has 2 aromatic rings. The van der Waals surface area contributed by atoms with Crippen LogP contribution in [0.25, 0.3) is 0 Å². The zero-order valence-electron chi connectivity index (χ0n) is 11.0. The van der Waals surface area contributed by atoms with Crippen LogP contribution in [0.5, 0.6) is 0 Å². The number of amidine groups is 1. The number of benzene rings is 1. The maximum absolute atomic E-state index is 8.71. The largest absolute Gasteiger partial charge is 0.409 e. The van der Waals surface area contributed by atoms with E-state index in [0.29, 0.717) is 18.8 Å². The van der Waals surface area contributed by atoms with E-state index in [1.807, 2.05) is 19.1 Å². The minimum Gasteiger partial charge on any atom is -0.409 e. The van der Waals surface area contributed by atoms with Crippen molar-refractivity contribution < 1.29 is 9.94 Å². The summed E-state index contributed by atoms with van der Waals surface area (Å²) in [7, 11) is 0. The van der Waals surface area contributed by atoms with Crippen molar-refractivity contribution in [3.63, 3.8) is 0 Å². The second-order valence-electron chi connectivity index (χ2n) is 4.76. The summed E-state index contributed by atoms with van der Waals surface area (Å²) in [6.07, 6.45) is -0.0649. The predicted molar refractivity (Wildman–Crippen MR) is 71.2 cm³/mol. The van der Waals surface area contributed by atoms with E-state index >= 15 is 0 Å². The van der Waals surface area contributed by atoms with E-state index in [1.54, 1.807) is 4.68 Å². The number of oxime groups is 1. The number of rotatable bonds is 2. The van der Waals surface area contributed by atoms with Gasteiger partial charge >= 0.3 is 0 Å². The summed E-state index contributed by atoms with van der Waals surface area (Å²) >= 11 is 0. The molecule has 0 saturated carbocycles. The summed E-state index contributed by atoms with van der Waals surface area (Å²) in [5, 5.41) is 19.6. The highest BCUT2D eigenvalue weighted by atomic mass is 16.5. The van der Waals surface area contributed by atoms with Crippen LogP contribution < -0.4 is 5.73 Å². The van der Waals surface area contributed by atoms with Gasteiger partial charge in [-0.3, -0.25) is 0 Å². The maximum Gasteiger partial charge on any atom is 0.192 e. The quantitative estimate of drug-likeness (QED) is 0.367. The molecule has 1 atom stereocenters. The third-order valence-electron chi connectivity index (χ3n) is 3.40. The van der Waals surface area contributed by atoms with Crippen molar-refractivity contribution >= 4 is 5.84 Å². The Bertz CT molecular complexity index is 647. The Morgan fingerprint density at radius 2 is 2.20 bits per heavy atom. The first-order valence-electron chi connectivity index (χ1n) is 6.27. The minimum absolute atomic E-state index is 0.0522. The zero-order chi connectivity index (χ0) is 14.1. The Hall–Kier alpha value is -2.41. The molecule has 0 spiro atoms. The molecule has 1 aliphatic rings. The van der Waals surface area contributed by atoms with Gasteiger partial charge in [0.15, 0.2) is 11.5 Å². The molecular weight excluding hydrogens is 258 g/mol. The van der Waals surface area contributed by atoms with Gasteiger partial charge in [-0.2, -0.15) is 0 Å². The van der Waals surface area contributed by atoms with Crippen LogP contribution in [0, 0.1) is 6.92 Å². The van der Waals surface area contributed by atoms with Crippen molar-refractivity contribution in [3.8, 4) is 0 Å². The van der Waals surface area contributed by atoms with Crippen LogP contribution in [0.3, 0.4) is 0 Å². The van der Waals surface area contributed by atoms with Gasteiger partial charge in [-0.15, -0.1) is 5.10 Å². The lowest BCUT2D eigenvalue weighted by molar-refractivity contribution is -0.00147. The molecule has 2 heterocycles. The molecule has 0 aliphatic carbocycles. The molecule has 1 unspecified atom stereocenters. The van der Waals surface area contributed by atoms with Crippen LogP contribution in [-0.4, -0.2) is 26.0 Å². The number of hydrogen-bond donors (Lipinski definition) is 2. The average Bonchev–Trinajstić information content (AvgIpc) is 2.90. The van der Waals surface area contributed by atoms with E-state index in [-0.39, 0.29) is 11.9 Å². The molecule has 1 aromatic carbocycles. The summed E-state index contributed by atoms with van der Waals surface area (Å²) in [4.78, 5) is 0. The van der Waals surface area contributed by atoms with Crippen molar-refractivity contribution in [1.82, 2.24) is 15.0 Å². The Morgan fingerprint density at radius 1 is 1.45 bits per heavy atom. The highest BCUT2D eigenvalue weighted by molar-refractivity contribution is 5.96. The monoisotopic (exact) mass is 273 g/mol. The van der Waals surface area contributed by atoms with Gasteiger partial charge in [0.05, 0.1) is 18.8 Å². The van der Waals surface area contributed by atoms with E-state index in [4.69, 9.17) is 15.7 Å². The zero-order valence-corrected chi connectivity index (χ0v) is 11.0. The standard InChI is InChI=1S/C13H15N5O2/c1-8-2-4-9(5-3-8)11-6-18-10(7-20-11)12(15-17-18)13(14)16-19/h2-5,11,19H,6-7H2,1H3,(H2,14,16). The van der Waals surface area contributed by atoms with Crippen molar-refractivity contribution in [2.24, 2.45) is 10.9 Å². The highest BCUT2D eigenvalue weighted by Crippen LogP contribution is 2.26. The molecule has 20 heavy (non-hydrogen) atoms. The number of fused-ring (bicyclic) bond motifs is 1. The molecular formula is C13H15N5O2. The van der Waals surface area contributed by atoms with Gasteiger partial charge in [0.1, 0.15) is 6.10 Å². The van der Waals surface area contributed by atoms with Gasteiger partial charge in [-0.05, 0) is 12.5 Å². The van der Waals surface area contributed by atoms with Gasteiger partial charge in [0.2, 0.25) is 0 Å². The summed E-state index contributed by atoms with van der Waals surface area (Å²) in [6.45, 7) is 2.94. The van der Waals surface area contributed by atoms with Crippen molar-refractivity contribution in [3.05, 3.63) is 46.8 Å². The molecule has 3 N–H and O–H groups in total. The SMILES string of the molecule is Cc1ccc(C2Cn3nnc(/C(N)=N/O)c3CO2)cc1. The van der Waals surface area contributed by atoms with Crippen LogP contribution in [0.4, 0.5) is 0 Å². The number of aromatic nitrogens is 3. The normalized spacial score (nSPS) is 18.9. The fraction of sp³-hybridized carbons (Fsp3) is 0.308. The third kappa shape index (κ3) is 2.12. The Labute approximate surface area is 115 Å². The molecule has 0 saturated heterocycles. The van der Waals surface area contributed by atoms with E-state index in [1.165, 1.54) is 5.56 Å². The average molecular weight is 273 g/mol. The smallest absolute Gasteiger partial charge is 0.192 e. The van der Waals surface area contributed by atoms with Crippen LogP contribution in [-0.2, 0) is 17.9 Å². The van der Waals surface area contributed by atoms with E-state index in [9.17, 15) is 0 Å². The number of aryl methyl sites for hydroxylation is 1. The molecule has 0 fully saturated rings. The van der Waals surface area contributed by atoms with Gasteiger partial charge in [0.25, 0.3) is 0 Å². The fourth-order valence-corrected chi connectivity index (χ4v) is 2.24. The first-order valence-corrected chi connectivity index (χ1v) is 6.27. The summed E-state index contributed by atoms with van der Waals surface area (Å²) in [6, 6.07) is 8.20. The fourth-order valence-electron chi connectivity index (χ4n) is 2.24. The summed E-state index contributed by atoms with van der Waals surface area (Å²) in [5.74, 6) is -0.0522. The van der Waals surface area contributed by atoms with E-state index in [2.05, 4.69) is 27.6 Å². The summed E-state index contributed by atoms with van der Waals surface area (Å²) < 4.78 is 7.57. The first-order chi connectivity index (χ1) is 9.69. The lowest BCUT2D eigenvalue weighted by Gasteiger charge is -2.24. The first kappa shape index (κ1) is 12.6. The van der Waals surface area contributed by atoms with Crippen molar-refractivity contribution in [1.29, 1.82) is 0 Å². The van der Waals surface area contributed by atoms with Crippen LogP contribution in [0.15, 0.2) is 29.4 Å². The molecule has 0 amide bonds. The van der Waals surface area contributed by atoms with Crippen molar-refractivity contribution in [2.45, 2.75) is 26.2 Å². The Balaban J connectivity index is 1.86.